The molecule has 12 nitrogen and oxygen atoms in total. The third-order valence-electron chi connectivity index (χ3n) is 7.18. The number of aromatic nitrogens is 3. The van der Waals surface area contributed by atoms with Crippen molar-refractivity contribution in [1.29, 1.82) is 0 Å². The van der Waals surface area contributed by atoms with E-state index in [1.807, 2.05) is 45.0 Å². The first kappa shape index (κ1) is 31.3. The van der Waals surface area contributed by atoms with Gasteiger partial charge in [0.05, 0.1) is 12.4 Å². The van der Waals surface area contributed by atoms with Gasteiger partial charge in [0.15, 0.2) is 0 Å². The molecule has 0 aliphatic carbocycles. The van der Waals surface area contributed by atoms with Crippen molar-refractivity contribution in [3.8, 4) is 0 Å². The second-order valence-electron chi connectivity index (χ2n) is 10.9. The fourth-order valence-corrected chi connectivity index (χ4v) is 4.64. The summed E-state index contributed by atoms with van der Waals surface area (Å²) in [5, 5.41) is 18.7. The Morgan fingerprint density at radius 1 is 0.951 bits per heavy atom. The molecule has 41 heavy (non-hydrogen) atoms. The zero-order valence-electron chi connectivity index (χ0n) is 23.9. The lowest BCUT2D eigenvalue weighted by atomic mass is 9.96. The maximum Gasteiger partial charge on any atom is 0.326 e. The third-order valence-corrected chi connectivity index (χ3v) is 7.18. The van der Waals surface area contributed by atoms with Crippen molar-refractivity contribution in [2.24, 2.45) is 17.6 Å². The average molecular weight is 568 g/mol. The molecule has 3 amide bonds. The minimum absolute atomic E-state index is 0.0368. The lowest BCUT2D eigenvalue weighted by Crippen LogP contribution is -2.59. The van der Waals surface area contributed by atoms with E-state index in [9.17, 15) is 24.3 Å². The van der Waals surface area contributed by atoms with Crippen LogP contribution in [0.2, 0.25) is 0 Å². The molecule has 1 aromatic carbocycles. The summed E-state index contributed by atoms with van der Waals surface area (Å²) in [6.07, 6.45) is 5.97. The van der Waals surface area contributed by atoms with E-state index in [0.717, 1.165) is 16.5 Å². The van der Waals surface area contributed by atoms with Gasteiger partial charge in [0.2, 0.25) is 17.7 Å². The molecule has 0 bridgehead atoms. The van der Waals surface area contributed by atoms with Crippen molar-refractivity contribution in [3.05, 3.63) is 54.2 Å². The number of rotatable bonds is 15. The SMILES string of the molecule is CCC(C)C(NC(=O)C(Cc1c[nH]c2ccccc12)NC(=O)C(N)Cc1cnc[nH]1)C(=O)NC(CC(C)C)C(=O)O. The topological polar surface area (TPSA) is 195 Å². The zero-order valence-corrected chi connectivity index (χ0v) is 23.9. The van der Waals surface area contributed by atoms with Crippen LogP contribution in [0, 0.1) is 11.8 Å². The van der Waals surface area contributed by atoms with Crippen molar-refractivity contribution in [2.45, 2.75) is 77.5 Å². The number of fused-ring (bicyclic) bond motifs is 1. The Hall–Kier alpha value is -4.19. The van der Waals surface area contributed by atoms with Crippen LogP contribution < -0.4 is 21.7 Å². The number of hydrogen-bond donors (Lipinski definition) is 7. The molecule has 0 saturated heterocycles. The van der Waals surface area contributed by atoms with Gasteiger partial charge in [-0.2, -0.15) is 0 Å². The molecule has 0 aliphatic heterocycles. The number of amides is 3. The third kappa shape index (κ3) is 8.65. The normalized spacial score (nSPS) is 15.1. The Morgan fingerprint density at radius 2 is 1.66 bits per heavy atom. The van der Waals surface area contributed by atoms with Crippen LogP contribution in [0.5, 0.6) is 0 Å². The first-order valence-electron chi connectivity index (χ1n) is 13.9. The highest BCUT2D eigenvalue weighted by Gasteiger charge is 2.33. The number of hydrogen-bond acceptors (Lipinski definition) is 6. The Labute approximate surface area is 239 Å². The van der Waals surface area contributed by atoms with Crippen LogP contribution in [0.1, 0.15) is 51.8 Å². The van der Waals surface area contributed by atoms with Crippen LogP contribution in [-0.2, 0) is 32.0 Å². The Morgan fingerprint density at radius 3 is 2.29 bits per heavy atom. The molecule has 2 heterocycles. The highest BCUT2D eigenvalue weighted by molar-refractivity contribution is 5.95. The number of carboxylic acid groups (broad SMARTS) is 1. The van der Waals surface area contributed by atoms with Gasteiger partial charge in [-0.3, -0.25) is 14.4 Å². The molecule has 0 aliphatic rings. The van der Waals surface area contributed by atoms with E-state index in [0.29, 0.717) is 12.1 Å². The lowest BCUT2D eigenvalue weighted by molar-refractivity contribution is -0.143. The maximum atomic E-state index is 13.7. The summed E-state index contributed by atoms with van der Waals surface area (Å²) in [7, 11) is 0. The Kier molecular flexibility index (Phi) is 11.0. The molecule has 3 aromatic rings. The molecule has 0 spiro atoms. The van der Waals surface area contributed by atoms with E-state index in [1.165, 1.54) is 6.33 Å². The Bertz CT molecular complexity index is 1320. The monoisotopic (exact) mass is 567 g/mol. The predicted octanol–water partition coefficient (Wildman–Crippen LogP) is 1.63. The number of nitrogens with one attached hydrogen (secondary N) is 5. The average Bonchev–Trinajstić information content (AvgIpc) is 3.60. The van der Waals surface area contributed by atoms with Crippen LogP contribution in [0.15, 0.2) is 43.0 Å². The minimum Gasteiger partial charge on any atom is -0.480 e. The van der Waals surface area contributed by atoms with Gasteiger partial charge >= 0.3 is 5.97 Å². The number of carbonyl (C=O) groups excluding carboxylic acids is 3. The molecule has 0 fully saturated rings. The van der Waals surface area contributed by atoms with Gasteiger partial charge in [0, 0.05) is 41.8 Å². The molecular formula is C29H41N7O5. The molecule has 0 saturated carbocycles. The number of carboxylic acids is 1. The minimum atomic E-state index is -1.14. The van der Waals surface area contributed by atoms with E-state index in [2.05, 4.69) is 30.9 Å². The van der Waals surface area contributed by atoms with E-state index < -0.39 is 47.9 Å². The highest BCUT2D eigenvalue weighted by Crippen LogP contribution is 2.20. The van der Waals surface area contributed by atoms with Crippen LogP contribution in [-0.4, -0.2) is 67.9 Å². The predicted molar refractivity (Wildman–Crippen MR) is 155 cm³/mol. The molecule has 8 N–H and O–H groups in total. The number of imidazole rings is 1. The van der Waals surface area contributed by atoms with Crippen LogP contribution in [0.3, 0.4) is 0 Å². The van der Waals surface area contributed by atoms with E-state index in [-0.39, 0.29) is 31.1 Å². The number of nitrogens with two attached hydrogens (primary N) is 1. The van der Waals surface area contributed by atoms with Gasteiger partial charge in [-0.1, -0.05) is 52.3 Å². The Balaban J connectivity index is 1.83. The summed E-state index contributed by atoms with van der Waals surface area (Å²) in [5.41, 5.74) is 8.50. The van der Waals surface area contributed by atoms with Crippen molar-refractivity contribution >= 4 is 34.6 Å². The van der Waals surface area contributed by atoms with Gasteiger partial charge in [0.1, 0.15) is 18.1 Å². The second kappa shape index (κ2) is 14.4. The van der Waals surface area contributed by atoms with Crippen molar-refractivity contribution < 1.29 is 24.3 Å². The van der Waals surface area contributed by atoms with Crippen molar-refractivity contribution in [2.75, 3.05) is 0 Å². The van der Waals surface area contributed by atoms with Crippen molar-refractivity contribution in [3.63, 3.8) is 0 Å². The van der Waals surface area contributed by atoms with Gasteiger partial charge in [0.25, 0.3) is 0 Å². The number of carbonyl (C=O) groups is 4. The summed E-state index contributed by atoms with van der Waals surface area (Å²) in [4.78, 5) is 61.9. The molecule has 0 radical (unpaired) electrons. The number of benzene rings is 1. The smallest absolute Gasteiger partial charge is 0.326 e. The molecule has 12 heteroatoms. The molecule has 2 aromatic heterocycles. The van der Waals surface area contributed by atoms with Crippen LogP contribution in [0.4, 0.5) is 0 Å². The van der Waals surface area contributed by atoms with Crippen molar-refractivity contribution in [1.82, 2.24) is 30.9 Å². The summed E-state index contributed by atoms with van der Waals surface area (Å²) in [6, 6.07) is 3.49. The summed E-state index contributed by atoms with van der Waals surface area (Å²) in [6.45, 7) is 7.41. The van der Waals surface area contributed by atoms with Crippen LogP contribution >= 0.6 is 0 Å². The number of H-pyrrole nitrogens is 2. The number of aromatic amines is 2. The van der Waals surface area contributed by atoms with Gasteiger partial charge < -0.3 is 36.8 Å². The maximum absolute atomic E-state index is 13.7. The molecule has 5 unspecified atom stereocenters. The zero-order chi connectivity index (χ0) is 30.1. The highest BCUT2D eigenvalue weighted by atomic mass is 16.4. The van der Waals surface area contributed by atoms with Gasteiger partial charge in [-0.15, -0.1) is 0 Å². The number of aliphatic carboxylic acids is 1. The van der Waals surface area contributed by atoms with E-state index in [4.69, 9.17) is 5.73 Å². The number of para-hydroxylation sites is 1. The van der Waals surface area contributed by atoms with Crippen LogP contribution in [0.25, 0.3) is 10.9 Å². The molecular weight excluding hydrogens is 526 g/mol. The molecule has 5 atom stereocenters. The standard InChI is InChI=1S/C29H41N7O5/c1-5-17(4)25(28(39)35-24(29(40)41)10-16(2)3)36-27(38)23(11-18-13-32-22-9-7-6-8-20(18)22)34-26(37)21(30)12-19-14-31-15-33-19/h6-9,13-17,21,23-25,32H,5,10-12,30H2,1-4H3,(H,31,33)(H,34,37)(H,35,39)(H,36,38)(H,40,41). The van der Waals surface area contributed by atoms with E-state index >= 15 is 0 Å². The quantitative estimate of drug-likeness (QED) is 0.145. The summed E-state index contributed by atoms with van der Waals surface area (Å²) >= 11 is 0. The first-order chi connectivity index (χ1) is 19.5. The fraction of sp³-hybridized carbons (Fsp3) is 0.483. The fourth-order valence-electron chi connectivity index (χ4n) is 4.64. The van der Waals surface area contributed by atoms with E-state index in [1.54, 1.807) is 19.3 Å². The largest absolute Gasteiger partial charge is 0.480 e. The second-order valence-corrected chi connectivity index (χ2v) is 10.9. The summed E-state index contributed by atoms with van der Waals surface area (Å²) < 4.78 is 0. The summed E-state index contributed by atoms with van der Waals surface area (Å²) in [5.74, 6) is -3.11. The van der Waals surface area contributed by atoms with Gasteiger partial charge in [-0.05, 0) is 29.9 Å². The van der Waals surface area contributed by atoms with Gasteiger partial charge in [-0.25, -0.2) is 9.78 Å². The first-order valence-corrected chi connectivity index (χ1v) is 13.9. The number of nitrogens with zero attached hydrogens (tertiary/aromatic N) is 1. The molecule has 3 rings (SSSR count). The lowest BCUT2D eigenvalue weighted by Gasteiger charge is -2.28. The molecule has 222 valence electrons.